The summed E-state index contributed by atoms with van der Waals surface area (Å²) in [5, 5.41) is 0. The van der Waals surface area contributed by atoms with Crippen molar-refractivity contribution in [2.24, 2.45) is 0 Å². The molecule has 7 heteroatoms. The number of amides is 1. The third-order valence-corrected chi connectivity index (χ3v) is 4.31. The van der Waals surface area contributed by atoms with Gasteiger partial charge < -0.3 is 4.90 Å². The van der Waals surface area contributed by atoms with Crippen LogP contribution in [0.5, 0.6) is 0 Å². The number of carbonyl (C=O) groups excluding carboxylic acids is 1. The summed E-state index contributed by atoms with van der Waals surface area (Å²) < 4.78 is 25.3. The van der Waals surface area contributed by atoms with Crippen LogP contribution in [-0.2, 0) is 14.8 Å². The minimum absolute atomic E-state index is 0.0741. The number of hydrogen-bond donors (Lipinski definition) is 1. The number of hydrogen-bond acceptors (Lipinski definition) is 3. The van der Waals surface area contributed by atoms with E-state index < -0.39 is 10.0 Å². The van der Waals surface area contributed by atoms with Gasteiger partial charge in [0.2, 0.25) is 15.9 Å². The van der Waals surface area contributed by atoms with Crippen molar-refractivity contribution >= 4 is 27.5 Å². The van der Waals surface area contributed by atoms with Crippen LogP contribution in [0.15, 0.2) is 0 Å². The zero-order valence-electron chi connectivity index (χ0n) is 9.28. The largest absolute Gasteiger partial charge is 0.341 e. The van der Waals surface area contributed by atoms with Gasteiger partial charge in [-0.25, -0.2) is 13.1 Å². The Balaban J connectivity index is 2.41. The minimum atomic E-state index is -3.31. The summed E-state index contributed by atoms with van der Waals surface area (Å²) in [6, 6.07) is -0.268. The van der Waals surface area contributed by atoms with Gasteiger partial charge in [-0.1, -0.05) is 0 Å². The lowest BCUT2D eigenvalue weighted by atomic mass is 10.3. The highest BCUT2D eigenvalue weighted by atomic mass is 35.5. The van der Waals surface area contributed by atoms with Crippen molar-refractivity contribution in [2.75, 3.05) is 24.7 Å². The van der Waals surface area contributed by atoms with E-state index in [0.29, 0.717) is 13.0 Å². The maximum atomic E-state index is 11.4. The van der Waals surface area contributed by atoms with Crippen LogP contribution in [0.1, 0.15) is 19.8 Å². The molecule has 5 nitrogen and oxygen atoms in total. The van der Waals surface area contributed by atoms with Crippen molar-refractivity contribution in [3.8, 4) is 0 Å². The summed E-state index contributed by atoms with van der Waals surface area (Å²) in [7, 11) is -3.31. The fourth-order valence-electron chi connectivity index (χ4n) is 1.73. The molecule has 0 aliphatic carbocycles. The second kappa shape index (κ2) is 5.84. The first kappa shape index (κ1) is 13.7. The van der Waals surface area contributed by atoms with Gasteiger partial charge in [-0.15, -0.1) is 11.6 Å². The van der Waals surface area contributed by atoms with E-state index >= 15 is 0 Å². The minimum Gasteiger partial charge on any atom is -0.341 e. The van der Waals surface area contributed by atoms with Crippen LogP contribution < -0.4 is 4.72 Å². The molecule has 16 heavy (non-hydrogen) atoms. The topological polar surface area (TPSA) is 66.5 Å². The van der Waals surface area contributed by atoms with E-state index in [1.807, 2.05) is 0 Å². The molecule has 1 heterocycles. The van der Waals surface area contributed by atoms with E-state index in [1.165, 1.54) is 0 Å². The Morgan fingerprint density at radius 1 is 1.56 bits per heavy atom. The first-order valence-electron chi connectivity index (χ1n) is 5.28. The lowest BCUT2D eigenvalue weighted by Gasteiger charge is -2.21. The highest BCUT2D eigenvalue weighted by Crippen LogP contribution is 2.09. The first-order chi connectivity index (χ1) is 7.44. The second-order valence-corrected chi connectivity index (χ2v) is 6.22. The molecule has 0 aromatic carbocycles. The predicted molar refractivity (Wildman–Crippen MR) is 62.9 cm³/mol. The molecular formula is C9H17ClN2O3S. The van der Waals surface area contributed by atoms with E-state index in [4.69, 9.17) is 11.6 Å². The predicted octanol–water partition coefficient (Wildman–Crippen LogP) is 0.156. The number of rotatable bonds is 6. The van der Waals surface area contributed by atoms with Gasteiger partial charge in [0, 0.05) is 31.4 Å². The molecule has 1 aliphatic heterocycles. The van der Waals surface area contributed by atoms with Gasteiger partial charge in [0.05, 0.1) is 5.75 Å². The molecular weight excluding hydrogens is 252 g/mol. The molecule has 1 atom stereocenters. The summed E-state index contributed by atoms with van der Waals surface area (Å²) in [6.45, 7) is 2.90. The summed E-state index contributed by atoms with van der Waals surface area (Å²) >= 11 is 5.38. The molecule has 0 saturated carbocycles. The number of halogens is 1. The summed E-state index contributed by atoms with van der Waals surface area (Å²) in [5.41, 5.74) is 0. The van der Waals surface area contributed by atoms with Crippen LogP contribution in [0.25, 0.3) is 0 Å². The van der Waals surface area contributed by atoms with Crippen molar-refractivity contribution in [1.29, 1.82) is 0 Å². The van der Waals surface area contributed by atoms with E-state index in [0.717, 1.165) is 13.0 Å². The normalized spacial score (nSPS) is 19.1. The molecule has 1 fully saturated rings. The van der Waals surface area contributed by atoms with Crippen LogP contribution in [0.4, 0.5) is 0 Å². The molecule has 0 aromatic rings. The number of nitrogens with zero attached hydrogens (tertiary/aromatic N) is 1. The maximum absolute atomic E-state index is 11.4. The van der Waals surface area contributed by atoms with Crippen LogP contribution >= 0.6 is 11.6 Å². The molecule has 1 saturated heterocycles. The fraction of sp³-hybridized carbons (Fsp3) is 0.889. The third-order valence-electron chi connectivity index (χ3n) is 2.39. The zero-order chi connectivity index (χ0) is 12.2. The van der Waals surface area contributed by atoms with Crippen molar-refractivity contribution in [1.82, 2.24) is 9.62 Å². The highest BCUT2D eigenvalue weighted by molar-refractivity contribution is 7.89. The Hall–Kier alpha value is -0.330. The van der Waals surface area contributed by atoms with Gasteiger partial charge in [0.15, 0.2) is 0 Å². The fourth-order valence-corrected chi connectivity index (χ4v) is 3.35. The average Bonchev–Trinajstić information content (AvgIpc) is 2.50. The van der Waals surface area contributed by atoms with Crippen LogP contribution in [0, 0.1) is 0 Å². The number of sulfonamides is 1. The highest BCUT2D eigenvalue weighted by Gasteiger charge is 2.23. The van der Waals surface area contributed by atoms with E-state index in [2.05, 4.69) is 4.72 Å². The van der Waals surface area contributed by atoms with Crippen molar-refractivity contribution in [2.45, 2.75) is 25.8 Å². The van der Waals surface area contributed by atoms with Gasteiger partial charge in [0.1, 0.15) is 0 Å². The Morgan fingerprint density at radius 2 is 2.25 bits per heavy atom. The zero-order valence-corrected chi connectivity index (χ0v) is 10.9. The van der Waals surface area contributed by atoms with Gasteiger partial charge in [-0.05, 0) is 13.3 Å². The molecule has 0 bridgehead atoms. The van der Waals surface area contributed by atoms with Crippen LogP contribution in [0.2, 0.25) is 0 Å². The SMILES string of the molecule is CC(CN1CCCC1=O)NS(=O)(=O)CCCl. The summed E-state index contributed by atoms with van der Waals surface area (Å²) in [4.78, 5) is 13.0. The lowest BCUT2D eigenvalue weighted by Crippen LogP contribution is -2.43. The van der Waals surface area contributed by atoms with Gasteiger partial charge in [-0.3, -0.25) is 4.79 Å². The molecule has 1 rings (SSSR count). The van der Waals surface area contributed by atoms with Gasteiger partial charge >= 0.3 is 0 Å². The first-order valence-corrected chi connectivity index (χ1v) is 7.47. The number of carbonyl (C=O) groups is 1. The molecule has 1 N–H and O–H groups in total. The molecule has 1 aliphatic rings. The summed E-state index contributed by atoms with van der Waals surface area (Å²) in [6.07, 6.45) is 1.43. The average molecular weight is 269 g/mol. The maximum Gasteiger partial charge on any atom is 0.222 e. The van der Waals surface area contributed by atoms with Crippen LogP contribution in [0.3, 0.4) is 0 Å². The smallest absolute Gasteiger partial charge is 0.222 e. The monoisotopic (exact) mass is 268 g/mol. The van der Waals surface area contributed by atoms with Crippen LogP contribution in [-0.4, -0.2) is 50.0 Å². The van der Waals surface area contributed by atoms with Crippen molar-refractivity contribution in [3.63, 3.8) is 0 Å². The Kier molecular flexibility index (Phi) is 5.01. The number of nitrogens with one attached hydrogen (secondary N) is 1. The van der Waals surface area contributed by atoms with E-state index in [1.54, 1.807) is 11.8 Å². The molecule has 0 aromatic heterocycles. The number of likely N-dealkylation sites (tertiary alicyclic amines) is 1. The quantitative estimate of drug-likeness (QED) is 0.698. The van der Waals surface area contributed by atoms with E-state index in [9.17, 15) is 13.2 Å². The Bertz CT molecular complexity index is 345. The number of alkyl halides is 1. The molecule has 1 amide bonds. The van der Waals surface area contributed by atoms with Crippen molar-refractivity contribution < 1.29 is 13.2 Å². The van der Waals surface area contributed by atoms with Gasteiger partial charge in [-0.2, -0.15) is 0 Å². The Labute approximate surface area is 101 Å². The molecule has 94 valence electrons. The second-order valence-electron chi connectivity index (χ2n) is 3.97. The molecule has 0 spiro atoms. The Morgan fingerprint density at radius 3 is 2.75 bits per heavy atom. The standard InChI is InChI=1S/C9H17ClN2O3S/c1-8(11-16(14,15)6-4-10)7-12-5-2-3-9(12)13/h8,11H,2-7H2,1H3. The molecule has 1 unspecified atom stereocenters. The lowest BCUT2D eigenvalue weighted by molar-refractivity contribution is -0.127. The molecule has 0 radical (unpaired) electrons. The van der Waals surface area contributed by atoms with E-state index in [-0.39, 0.29) is 23.6 Å². The summed E-state index contributed by atoms with van der Waals surface area (Å²) in [5.74, 6) is 0.0840. The van der Waals surface area contributed by atoms with Crippen molar-refractivity contribution in [3.05, 3.63) is 0 Å². The van der Waals surface area contributed by atoms with Gasteiger partial charge in [0.25, 0.3) is 0 Å². The third kappa shape index (κ3) is 4.27.